The number of fused-ring (bicyclic) bond motifs is 1. The van der Waals surface area contributed by atoms with Gasteiger partial charge in [0, 0.05) is 19.2 Å². The van der Waals surface area contributed by atoms with E-state index in [4.69, 9.17) is 9.84 Å². The van der Waals surface area contributed by atoms with Gasteiger partial charge in [-0.25, -0.2) is 4.79 Å². The molecule has 0 spiro atoms. The monoisotopic (exact) mass is 321 g/mol. The highest BCUT2D eigenvalue weighted by molar-refractivity contribution is 5.99. The molecule has 0 aromatic rings. The Morgan fingerprint density at radius 1 is 1.32 bits per heavy atom. The average molecular weight is 321 g/mol. The van der Waals surface area contributed by atoms with Crippen molar-refractivity contribution in [2.24, 2.45) is 11.3 Å². The normalized spacial score (nSPS) is 28.4. The molecule has 8 heteroatoms. The minimum Gasteiger partial charge on any atom is -0.504 e. The van der Waals surface area contributed by atoms with Crippen molar-refractivity contribution < 1.29 is 32.6 Å². The second-order valence-corrected chi connectivity index (χ2v) is 6.81. The van der Waals surface area contributed by atoms with Crippen molar-refractivity contribution >= 4 is 11.9 Å². The Morgan fingerprint density at radius 2 is 1.91 bits per heavy atom. The van der Waals surface area contributed by atoms with Crippen LogP contribution in [0.25, 0.3) is 0 Å². The zero-order valence-electron chi connectivity index (χ0n) is 12.5. The number of carbonyl (C=O) groups is 2. The van der Waals surface area contributed by atoms with E-state index in [1.807, 2.05) is 0 Å². The molecule has 2 aliphatic rings. The van der Waals surface area contributed by atoms with Gasteiger partial charge in [-0.1, -0.05) is 0 Å². The number of piperidine rings is 1. The first kappa shape index (κ1) is 16.6. The van der Waals surface area contributed by atoms with Crippen LogP contribution in [0, 0.1) is 11.3 Å². The molecule has 1 saturated heterocycles. The third-order valence-corrected chi connectivity index (χ3v) is 3.85. The molecule has 0 bridgehead atoms. The van der Waals surface area contributed by atoms with Gasteiger partial charge in [-0.15, -0.1) is 0 Å². The van der Waals surface area contributed by atoms with Crippen molar-refractivity contribution in [3.05, 3.63) is 11.8 Å². The van der Waals surface area contributed by atoms with Gasteiger partial charge in [-0.05, 0) is 33.1 Å². The molecule has 1 aliphatic heterocycles. The van der Waals surface area contributed by atoms with Crippen LogP contribution in [0.5, 0.6) is 0 Å². The summed E-state index contributed by atoms with van der Waals surface area (Å²) >= 11 is 0. The molecule has 0 aromatic carbocycles. The molecule has 22 heavy (non-hydrogen) atoms. The fourth-order valence-electron chi connectivity index (χ4n) is 2.68. The lowest BCUT2D eigenvalue weighted by molar-refractivity contribution is -0.127. The minimum absolute atomic E-state index is 0.0209. The van der Waals surface area contributed by atoms with E-state index in [9.17, 15) is 22.8 Å². The van der Waals surface area contributed by atoms with E-state index in [1.165, 1.54) is 4.90 Å². The van der Waals surface area contributed by atoms with Crippen LogP contribution in [0.2, 0.25) is 0 Å². The van der Waals surface area contributed by atoms with Crippen LogP contribution in [-0.2, 0) is 9.53 Å². The van der Waals surface area contributed by atoms with Crippen molar-refractivity contribution in [1.29, 1.82) is 0 Å². The number of alkyl halides is 3. The van der Waals surface area contributed by atoms with Gasteiger partial charge < -0.3 is 14.7 Å². The van der Waals surface area contributed by atoms with Gasteiger partial charge in [0.1, 0.15) is 5.60 Å². The fraction of sp³-hybridized carbons (Fsp3) is 0.714. The van der Waals surface area contributed by atoms with E-state index in [2.05, 4.69) is 0 Å². The summed E-state index contributed by atoms with van der Waals surface area (Å²) in [6.45, 7) is 5.40. The van der Waals surface area contributed by atoms with Crippen LogP contribution in [0.4, 0.5) is 18.0 Å². The zero-order chi connectivity index (χ0) is 16.9. The molecule has 0 aromatic heterocycles. The van der Waals surface area contributed by atoms with Crippen molar-refractivity contribution in [2.75, 3.05) is 13.1 Å². The summed E-state index contributed by atoms with van der Waals surface area (Å²) in [7, 11) is 0. The van der Waals surface area contributed by atoms with Gasteiger partial charge in [0.15, 0.2) is 5.78 Å². The van der Waals surface area contributed by atoms with Gasteiger partial charge in [0.05, 0.1) is 5.41 Å². The molecule has 0 radical (unpaired) electrons. The highest BCUT2D eigenvalue weighted by Gasteiger charge is 2.65. The summed E-state index contributed by atoms with van der Waals surface area (Å²) in [5.41, 5.74) is -1.69. The molecule has 0 unspecified atom stereocenters. The first-order valence-corrected chi connectivity index (χ1v) is 6.85. The van der Waals surface area contributed by atoms with E-state index in [-0.39, 0.29) is 25.1 Å². The lowest BCUT2D eigenvalue weighted by Crippen LogP contribution is -2.38. The van der Waals surface area contributed by atoms with Gasteiger partial charge in [0.25, 0.3) is 0 Å². The number of aliphatic hydroxyl groups is 1. The molecule has 2 rings (SSSR count). The molecule has 2 fully saturated rings. The molecule has 1 N–H and O–H groups in total. The Morgan fingerprint density at radius 3 is 2.41 bits per heavy atom. The van der Waals surface area contributed by atoms with Crippen molar-refractivity contribution in [3.8, 4) is 0 Å². The second-order valence-electron chi connectivity index (χ2n) is 6.81. The summed E-state index contributed by atoms with van der Waals surface area (Å²) in [4.78, 5) is 25.3. The Kier molecular flexibility index (Phi) is 3.70. The van der Waals surface area contributed by atoms with E-state index in [0.29, 0.717) is 6.42 Å². The number of likely N-dealkylation sites (tertiary alicyclic amines) is 1. The van der Waals surface area contributed by atoms with Crippen molar-refractivity contribution in [3.63, 3.8) is 0 Å². The summed E-state index contributed by atoms with van der Waals surface area (Å²) in [5, 5.41) is 8.89. The maximum atomic E-state index is 12.3. The zero-order valence-corrected chi connectivity index (χ0v) is 12.5. The van der Waals surface area contributed by atoms with E-state index < -0.39 is 34.8 Å². The maximum Gasteiger partial charge on any atom is 0.448 e. The average Bonchev–Trinajstić information content (AvgIpc) is 2.89. The van der Waals surface area contributed by atoms with Gasteiger partial charge in [-0.2, -0.15) is 13.2 Å². The van der Waals surface area contributed by atoms with Crippen LogP contribution in [0.15, 0.2) is 11.8 Å². The van der Waals surface area contributed by atoms with Crippen LogP contribution >= 0.6 is 0 Å². The molecular formula is C14H18F3NO4. The number of hydrogen-bond acceptors (Lipinski definition) is 4. The topological polar surface area (TPSA) is 66.8 Å². The summed E-state index contributed by atoms with van der Waals surface area (Å²) < 4.78 is 42.0. The highest BCUT2D eigenvalue weighted by atomic mass is 19.4. The van der Waals surface area contributed by atoms with Crippen LogP contribution in [-0.4, -0.2) is 46.7 Å². The van der Waals surface area contributed by atoms with Crippen LogP contribution in [0.3, 0.4) is 0 Å². The Hall–Kier alpha value is -1.73. The number of aliphatic hydroxyl groups excluding tert-OH is 1. The van der Waals surface area contributed by atoms with Gasteiger partial charge in [0.2, 0.25) is 5.76 Å². The Bertz CT molecular complexity index is 535. The Labute approximate surface area is 125 Å². The second kappa shape index (κ2) is 4.89. The molecular weight excluding hydrogens is 303 g/mol. The number of carbonyl (C=O) groups excluding carboxylic acids is 2. The number of rotatable bonds is 2. The number of ketones is 1. The molecule has 1 saturated carbocycles. The summed E-state index contributed by atoms with van der Waals surface area (Å²) in [6.07, 6.45) is -4.89. The highest BCUT2D eigenvalue weighted by Crippen LogP contribution is 2.58. The lowest BCUT2D eigenvalue weighted by Gasteiger charge is -2.26. The number of nitrogens with zero attached hydrogens (tertiary/aromatic N) is 1. The Balaban J connectivity index is 2.04. The van der Waals surface area contributed by atoms with Gasteiger partial charge >= 0.3 is 12.3 Å². The van der Waals surface area contributed by atoms with Crippen LogP contribution in [0.1, 0.15) is 27.2 Å². The molecule has 2 atom stereocenters. The quantitative estimate of drug-likeness (QED) is 0.627. The third kappa shape index (κ3) is 3.20. The fourth-order valence-corrected chi connectivity index (χ4v) is 2.68. The predicted molar refractivity (Wildman–Crippen MR) is 70.1 cm³/mol. The maximum absolute atomic E-state index is 12.3. The first-order valence-electron chi connectivity index (χ1n) is 6.85. The largest absolute Gasteiger partial charge is 0.504 e. The molecule has 5 nitrogen and oxygen atoms in total. The summed E-state index contributed by atoms with van der Waals surface area (Å²) in [6, 6.07) is 0. The lowest BCUT2D eigenvalue weighted by atomic mass is 9.99. The number of ether oxygens (including phenoxy) is 1. The summed E-state index contributed by atoms with van der Waals surface area (Å²) in [5.74, 6) is -2.88. The van der Waals surface area contributed by atoms with Crippen molar-refractivity contribution in [1.82, 2.24) is 4.90 Å². The molecule has 1 heterocycles. The standard InChI is InChI=1S/C14H18F3NO4/c1-12(2,3)22-11(21)18-6-8-5-13(8,7-18)9(19)4-10(20)14(15,16)17/h4,8,20H,5-7H2,1-3H3/b10-4-/t8-,13-/m0/s1. The SMILES string of the molecule is CC(C)(C)OC(=O)N1C[C@@H]2C[C@]2(C(=O)/C=C(\O)C(F)(F)F)C1. The van der Waals surface area contributed by atoms with Crippen molar-refractivity contribution in [2.45, 2.75) is 39.0 Å². The molecule has 124 valence electrons. The van der Waals surface area contributed by atoms with E-state index >= 15 is 0 Å². The third-order valence-electron chi connectivity index (χ3n) is 3.85. The van der Waals surface area contributed by atoms with Gasteiger partial charge in [-0.3, -0.25) is 4.79 Å². The minimum atomic E-state index is -4.94. The molecule has 1 amide bonds. The number of hydrogen-bond donors (Lipinski definition) is 1. The number of halogens is 3. The number of amides is 1. The first-order chi connectivity index (χ1) is 9.85. The van der Waals surface area contributed by atoms with E-state index in [1.54, 1.807) is 20.8 Å². The molecule has 1 aliphatic carbocycles. The van der Waals surface area contributed by atoms with E-state index in [0.717, 1.165) is 0 Å². The smallest absolute Gasteiger partial charge is 0.448 e. The number of allylic oxidation sites excluding steroid dienone is 2. The van der Waals surface area contributed by atoms with Crippen LogP contribution < -0.4 is 0 Å². The predicted octanol–water partition coefficient (Wildman–Crippen LogP) is 2.82.